The first-order valence-corrected chi connectivity index (χ1v) is 7.91. The number of piperidine rings is 1. The average Bonchev–Trinajstić information content (AvgIpc) is 2.78. The van der Waals surface area contributed by atoms with Crippen LogP contribution in [-0.4, -0.2) is 22.1 Å². The van der Waals surface area contributed by atoms with E-state index in [0.29, 0.717) is 10.1 Å². The molecule has 1 atom stereocenters. The van der Waals surface area contributed by atoms with E-state index >= 15 is 0 Å². The molecule has 0 radical (unpaired) electrons. The molecule has 1 aromatic carbocycles. The molecular formula is C13H17NS2. The van der Waals surface area contributed by atoms with Gasteiger partial charge < -0.3 is 5.32 Å². The molecule has 0 aliphatic carbocycles. The van der Waals surface area contributed by atoms with Gasteiger partial charge in [0, 0.05) is 17.5 Å². The molecule has 2 aliphatic heterocycles. The lowest BCUT2D eigenvalue weighted by molar-refractivity contribution is 0.404. The molecule has 0 aromatic heterocycles. The third-order valence-electron chi connectivity index (χ3n) is 3.43. The highest BCUT2D eigenvalue weighted by atomic mass is 32.2. The van der Waals surface area contributed by atoms with Crippen LogP contribution in [-0.2, 0) is 0 Å². The number of hydrogen-bond donors (Lipinski definition) is 1. The number of hydrogen-bond acceptors (Lipinski definition) is 3. The lowest BCUT2D eigenvalue weighted by atomic mass is 9.97. The van der Waals surface area contributed by atoms with Crippen LogP contribution in [0.4, 0.5) is 0 Å². The van der Waals surface area contributed by atoms with Crippen LogP contribution in [0.15, 0.2) is 30.3 Å². The lowest BCUT2D eigenvalue weighted by Gasteiger charge is -2.37. The fourth-order valence-corrected chi connectivity index (χ4v) is 5.91. The molecule has 2 saturated heterocycles. The summed E-state index contributed by atoms with van der Waals surface area (Å²) in [6, 6.07) is 11.5. The summed E-state index contributed by atoms with van der Waals surface area (Å²) < 4.78 is 0.520. The topological polar surface area (TPSA) is 12.0 Å². The van der Waals surface area contributed by atoms with Crippen LogP contribution in [0.5, 0.6) is 0 Å². The van der Waals surface area contributed by atoms with Gasteiger partial charge in [0.2, 0.25) is 0 Å². The summed E-state index contributed by atoms with van der Waals surface area (Å²) in [4.78, 5) is 0. The smallest absolute Gasteiger partial charge is 0.0641 e. The monoisotopic (exact) mass is 251 g/mol. The van der Waals surface area contributed by atoms with Gasteiger partial charge in [0.05, 0.1) is 4.08 Å². The minimum Gasteiger partial charge on any atom is -0.310 e. The number of thioether (sulfide) groups is 2. The van der Waals surface area contributed by atoms with E-state index in [1.54, 1.807) is 0 Å². The molecule has 1 aromatic rings. The van der Waals surface area contributed by atoms with Crippen LogP contribution in [0.25, 0.3) is 0 Å². The van der Waals surface area contributed by atoms with E-state index < -0.39 is 0 Å². The first-order valence-electron chi connectivity index (χ1n) is 5.94. The Hall–Kier alpha value is -0.120. The van der Waals surface area contributed by atoms with Gasteiger partial charge in [-0.05, 0) is 24.9 Å². The van der Waals surface area contributed by atoms with E-state index in [9.17, 15) is 0 Å². The van der Waals surface area contributed by atoms with Gasteiger partial charge in [-0.1, -0.05) is 30.3 Å². The van der Waals surface area contributed by atoms with Crippen LogP contribution in [0.1, 0.15) is 24.4 Å². The van der Waals surface area contributed by atoms with E-state index in [-0.39, 0.29) is 0 Å². The zero-order valence-corrected chi connectivity index (χ0v) is 10.9. The molecule has 1 spiro atoms. The van der Waals surface area contributed by atoms with Crippen molar-refractivity contribution in [2.75, 3.05) is 18.1 Å². The van der Waals surface area contributed by atoms with Crippen molar-refractivity contribution < 1.29 is 0 Å². The summed E-state index contributed by atoms with van der Waals surface area (Å²) in [6.45, 7) is 1.17. The van der Waals surface area contributed by atoms with Crippen LogP contribution < -0.4 is 5.32 Å². The maximum atomic E-state index is 3.66. The molecule has 0 unspecified atom stereocenters. The largest absolute Gasteiger partial charge is 0.310 e. The van der Waals surface area contributed by atoms with Crippen LogP contribution in [0.2, 0.25) is 0 Å². The maximum Gasteiger partial charge on any atom is 0.0641 e. The quantitative estimate of drug-likeness (QED) is 0.822. The third-order valence-corrected chi connectivity index (χ3v) is 7.00. The fraction of sp³-hybridized carbons (Fsp3) is 0.538. The van der Waals surface area contributed by atoms with Crippen LogP contribution in [0.3, 0.4) is 0 Å². The third kappa shape index (κ3) is 2.13. The molecule has 1 N–H and O–H groups in total. The maximum absolute atomic E-state index is 3.66. The van der Waals surface area contributed by atoms with Crippen molar-refractivity contribution >= 4 is 23.5 Å². The van der Waals surface area contributed by atoms with Crippen molar-refractivity contribution in [1.82, 2.24) is 5.32 Å². The number of rotatable bonds is 1. The zero-order valence-electron chi connectivity index (χ0n) is 9.32. The number of benzene rings is 1. The van der Waals surface area contributed by atoms with Gasteiger partial charge in [-0.15, -0.1) is 23.5 Å². The van der Waals surface area contributed by atoms with Crippen molar-refractivity contribution in [3.8, 4) is 0 Å². The SMILES string of the molecule is c1ccc([C@@H]2CC3(CCN2)SCCS3)cc1. The Morgan fingerprint density at radius 3 is 2.62 bits per heavy atom. The first-order chi connectivity index (χ1) is 7.88. The highest BCUT2D eigenvalue weighted by Gasteiger charge is 2.40. The van der Waals surface area contributed by atoms with Gasteiger partial charge >= 0.3 is 0 Å². The second-order valence-corrected chi connectivity index (χ2v) is 7.69. The van der Waals surface area contributed by atoms with E-state index in [4.69, 9.17) is 0 Å². The van der Waals surface area contributed by atoms with Crippen molar-refractivity contribution in [3.05, 3.63) is 35.9 Å². The summed E-state index contributed by atoms with van der Waals surface area (Å²) in [5, 5.41) is 3.66. The standard InChI is InChI=1S/C13H17NS2/c1-2-4-11(5-3-1)12-10-13(6-7-14-12)15-8-9-16-13/h1-5,12,14H,6-10H2/t12-/m0/s1. The molecule has 3 heteroatoms. The van der Waals surface area contributed by atoms with Gasteiger partial charge in [-0.25, -0.2) is 0 Å². The second kappa shape index (κ2) is 4.63. The van der Waals surface area contributed by atoms with Crippen molar-refractivity contribution in [2.24, 2.45) is 0 Å². The average molecular weight is 251 g/mol. The molecule has 0 amide bonds. The molecule has 86 valence electrons. The van der Waals surface area contributed by atoms with Crippen molar-refractivity contribution in [2.45, 2.75) is 23.0 Å². The molecular weight excluding hydrogens is 234 g/mol. The summed E-state index contributed by atoms with van der Waals surface area (Å²) in [5.74, 6) is 2.68. The molecule has 2 fully saturated rings. The van der Waals surface area contributed by atoms with Crippen molar-refractivity contribution in [3.63, 3.8) is 0 Å². The molecule has 3 rings (SSSR count). The predicted molar refractivity (Wildman–Crippen MR) is 74.1 cm³/mol. The van der Waals surface area contributed by atoms with E-state index in [0.717, 1.165) is 0 Å². The Balaban J connectivity index is 1.77. The molecule has 16 heavy (non-hydrogen) atoms. The summed E-state index contributed by atoms with van der Waals surface area (Å²) in [5.41, 5.74) is 1.45. The van der Waals surface area contributed by atoms with Crippen molar-refractivity contribution in [1.29, 1.82) is 0 Å². The molecule has 1 nitrogen and oxygen atoms in total. The summed E-state index contributed by atoms with van der Waals surface area (Å²) >= 11 is 4.37. The highest BCUT2D eigenvalue weighted by Crippen LogP contribution is 2.52. The fourth-order valence-electron chi connectivity index (χ4n) is 2.60. The Morgan fingerprint density at radius 1 is 1.12 bits per heavy atom. The van der Waals surface area contributed by atoms with E-state index in [1.165, 1.54) is 36.5 Å². The summed E-state index contributed by atoms with van der Waals surface area (Å²) in [7, 11) is 0. The number of nitrogens with one attached hydrogen (secondary N) is 1. The normalized spacial score (nSPS) is 28.4. The molecule has 2 heterocycles. The second-order valence-electron chi connectivity index (χ2n) is 4.48. The molecule has 2 aliphatic rings. The minimum atomic E-state index is 0.520. The minimum absolute atomic E-state index is 0.520. The van der Waals surface area contributed by atoms with Gasteiger partial charge in [-0.2, -0.15) is 0 Å². The van der Waals surface area contributed by atoms with Gasteiger partial charge in [0.25, 0.3) is 0 Å². The van der Waals surface area contributed by atoms with Crippen LogP contribution >= 0.6 is 23.5 Å². The Morgan fingerprint density at radius 2 is 1.88 bits per heavy atom. The Bertz CT molecular complexity index is 346. The predicted octanol–water partition coefficient (Wildman–Crippen LogP) is 3.29. The molecule has 0 bridgehead atoms. The first kappa shape index (κ1) is 11.0. The zero-order chi connectivity index (χ0) is 10.8. The summed E-state index contributed by atoms with van der Waals surface area (Å²) in [6.07, 6.45) is 2.61. The highest BCUT2D eigenvalue weighted by molar-refractivity contribution is 8.21. The molecule has 0 saturated carbocycles. The van der Waals surface area contributed by atoms with Crippen LogP contribution in [0, 0.1) is 0 Å². The van der Waals surface area contributed by atoms with Gasteiger partial charge in [0.15, 0.2) is 0 Å². The van der Waals surface area contributed by atoms with Gasteiger partial charge in [-0.3, -0.25) is 0 Å². The van der Waals surface area contributed by atoms with E-state index in [2.05, 4.69) is 59.2 Å². The Kier molecular flexibility index (Phi) is 3.18. The van der Waals surface area contributed by atoms with Gasteiger partial charge in [0.1, 0.15) is 0 Å². The van der Waals surface area contributed by atoms with E-state index in [1.807, 2.05) is 0 Å². The lowest BCUT2D eigenvalue weighted by Crippen LogP contribution is -2.38. The Labute approximate surface area is 106 Å².